The quantitative estimate of drug-likeness (QED) is 0.769. The Balaban J connectivity index is 2.40. The fraction of sp³-hybridized carbons (Fsp3) is 0.368. The summed E-state index contributed by atoms with van der Waals surface area (Å²) in [5, 5.41) is 3.51. The number of nitrogens with one attached hydrogen (secondary N) is 1. The first kappa shape index (κ1) is 14.8. The van der Waals surface area contributed by atoms with E-state index >= 15 is 0 Å². The second-order valence-corrected chi connectivity index (χ2v) is 5.66. The minimum Gasteiger partial charge on any atom is -0.313 e. The Morgan fingerprint density at radius 3 is 2.25 bits per heavy atom. The van der Waals surface area contributed by atoms with Crippen LogP contribution >= 0.6 is 0 Å². The summed E-state index contributed by atoms with van der Waals surface area (Å²) in [6, 6.07) is 13.5. The standard InChI is InChI=1S/C19H25N/c1-5-10-20-13-17-8-6-15(3)12-19(17)18-9-7-14(2)11-16(18)4/h6-9,11-12,20H,5,10,13H2,1-4H3. The molecule has 2 aromatic rings. The first-order valence-electron chi connectivity index (χ1n) is 7.49. The van der Waals surface area contributed by atoms with Crippen molar-refractivity contribution in [3.05, 3.63) is 58.7 Å². The van der Waals surface area contributed by atoms with Gasteiger partial charge in [-0.25, -0.2) is 0 Å². The smallest absolute Gasteiger partial charge is 0.0211 e. The zero-order valence-electron chi connectivity index (χ0n) is 13.1. The zero-order chi connectivity index (χ0) is 14.5. The third kappa shape index (κ3) is 3.49. The van der Waals surface area contributed by atoms with Gasteiger partial charge in [-0.1, -0.05) is 54.4 Å². The van der Waals surface area contributed by atoms with Crippen LogP contribution in [0.5, 0.6) is 0 Å². The maximum atomic E-state index is 3.51. The van der Waals surface area contributed by atoms with E-state index in [2.05, 4.69) is 69.4 Å². The molecular formula is C19H25N. The van der Waals surface area contributed by atoms with Crippen molar-refractivity contribution in [3.8, 4) is 11.1 Å². The van der Waals surface area contributed by atoms with Gasteiger partial charge in [-0.05, 0) is 56.0 Å². The van der Waals surface area contributed by atoms with Gasteiger partial charge in [0, 0.05) is 6.54 Å². The third-order valence-electron chi connectivity index (χ3n) is 3.68. The number of benzene rings is 2. The van der Waals surface area contributed by atoms with Crippen molar-refractivity contribution >= 4 is 0 Å². The molecule has 0 aliphatic heterocycles. The van der Waals surface area contributed by atoms with Gasteiger partial charge in [-0.15, -0.1) is 0 Å². The minimum absolute atomic E-state index is 0.941. The molecule has 2 rings (SSSR count). The van der Waals surface area contributed by atoms with Gasteiger partial charge in [-0.3, -0.25) is 0 Å². The van der Waals surface area contributed by atoms with Gasteiger partial charge >= 0.3 is 0 Å². The van der Waals surface area contributed by atoms with Crippen molar-refractivity contribution < 1.29 is 0 Å². The third-order valence-corrected chi connectivity index (χ3v) is 3.68. The van der Waals surface area contributed by atoms with Gasteiger partial charge in [0.05, 0.1) is 0 Å². The van der Waals surface area contributed by atoms with Crippen molar-refractivity contribution in [2.75, 3.05) is 6.54 Å². The van der Waals surface area contributed by atoms with Crippen LogP contribution in [-0.4, -0.2) is 6.54 Å². The van der Waals surface area contributed by atoms with Gasteiger partial charge in [0.1, 0.15) is 0 Å². The van der Waals surface area contributed by atoms with E-state index in [9.17, 15) is 0 Å². The van der Waals surface area contributed by atoms with Crippen LogP contribution in [0.3, 0.4) is 0 Å². The van der Waals surface area contributed by atoms with Crippen LogP contribution in [0.4, 0.5) is 0 Å². The SMILES string of the molecule is CCCNCc1ccc(C)cc1-c1ccc(C)cc1C. The number of rotatable bonds is 5. The Bertz CT molecular complexity index is 584. The monoisotopic (exact) mass is 267 g/mol. The van der Waals surface area contributed by atoms with Crippen molar-refractivity contribution in [3.63, 3.8) is 0 Å². The molecule has 20 heavy (non-hydrogen) atoms. The van der Waals surface area contributed by atoms with Crippen LogP contribution < -0.4 is 5.32 Å². The summed E-state index contributed by atoms with van der Waals surface area (Å²) >= 11 is 0. The molecule has 1 N–H and O–H groups in total. The lowest BCUT2D eigenvalue weighted by Crippen LogP contribution is -2.14. The van der Waals surface area contributed by atoms with Crippen LogP contribution in [0.1, 0.15) is 35.6 Å². The Morgan fingerprint density at radius 2 is 1.55 bits per heavy atom. The van der Waals surface area contributed by atoms with Gasteiger partial charge in [-0.2, -0.15) is 0 Å². The molecule has 0 aromatic heterocycles. The Morgan fingerprint density at radius 1 is 0.850 bits per heavy atom. The Kier molecular flexibility index (Phi) is 4.97. The largest absolute Gasteiger partial charge is 0.313 e. The molecule has 2 aromatic carbocycles. The zero-order valence-corrected chi connectivity index (χ0v) is 13.1. The molecule has 0 unspecified atom stereocenters. The van der Waals surface area contributed by atoms with Crippen molar-refractivity contribution in [2.45, 2.75) is 40.7 Å². The molecule has 0 saturated heterocycles. The Hall–Kier alpha value is -1.60. The summed E-state index contributed by atoms with van der Waals surface area (Å²) in [5.74, 6) is 0. The number of aryl methyl sites for hydroxylation is 3. The van der Waals surface area contributed by atoms with E-state index in [-0.39, 0.29) is 0 Å². The highest BCUT2D eigenvalue weighted by Gasteiger charge is 2.08. The van der Waals surface area contributed by atoms with Crippen molar-refractivity contribution in [1.29, 1.82) is 0 Å². The molecule has 0 aliphatic carbocycles. The molecule has 0 bridgehead atoms. The summed E-state index contributed by atoms with van der Waals surface area (Å²) in [6.07, 6.45) is 1.17. The van der Waals surface area contributed by atoms with Gasteiger partial charge in [0.25, 0.3) is 0 Å². The minimum atomic E-state index is 0.941. The van der Waals surface area contributed by atoms with Crippen LogP contribution in [-0.2, 0) is 6.54 Å². The molecule has 1 nitrogen and oxygen atoms in total. The molecule has 0 radical (unpaired) electrons. The Labute approximate surface area is 123 Å². The highest BCUT2D eigenvalue weighted by atomic mass is 14.8. The second kappa shape index (κ2) is 6.71. The summed E-state index contributed by atoms with van der Waals surface area (Å²) in [7, 11) is 0. The van der Waals surface area contributed by atoms with Gasteiger partial charge in [0.15, 0.2) is 0 Å². The highest BCUT2D eigenvalue weighted by molar-refractivity contribution is 5.71. The first-order valence-corrected chi connectivity index (χ1v) is 7.49. The van der Waals surface area contributed by atoms with Crippen molar-refractivity contribution in [1.82, 2.24) is 5.32 Å². The van der Waals surface area contributed by atoms with Crippen LogP contribution in [0.2, 0.25) is 0 Å². The van der Waals surface area contributed by atoms with E-state index in [0.717, 1.165) is 13.1 Å². The van der Waals surface area contributed by atoms with E-state index in [1.807, 2.05) is 0 Å². The van der Waals surface area contributed by atoms with Crippen LogP contribution in [0, 0.1) is 20.8 Å². The average molecular weight is 267 g/mol. The average Bonchev–Trinajstić information content (AvgIpc) is 2.41. The lowest BCUT2D eigenvalue weighted by atomic mass is 9.93. The lowest BCUT2D eigenvalue weighted by Gasteiger charge is -2.14. The molecule has 1 heteroatoms. The predicted molar refractivity (Wildman–Crippen MR) is 88.1 cm³/mol. The molecule has 0 aliphatic rings. The molecule has 0 amide bonds. The summed E-state index contributed by atoms with van der Waals surface area (Å²) in [6.45, 7) is 10.7. The van der Waals surface area contributed by atoms with E-state index in [1.54, 1.807) is 0 Å². The predicted octanol–water partition coefficient (Wildman–Crippen LogP) is 4.78. The normalized spacial score (nSPS) is 10.8. The molecule has 0 saturated carbocycles. The topological polar surface area (TPSA) is 12.0 Å². The van der Waals surface area contributed by atoms with Gasteiger partial charge in [0.2, 0.25) is 0 Å². The summed E-state index contributed by atoms with van der Waals surface area (Å²) in [5.41, 5.74) is 8.10. The number of hydrogen-bond donors (Lipinski definition) is 1. The summed E-state index contributed by atoms with van der Waals surface area (Å²) in [4.78, 5) is 0. The van der Waals surface area contributed by atoms with E-state index in [1.165, 1.54) is 39.8 Å². The molecule has 106 valence electrons. The fourth-order valence-corrected chi connectivity index (χ4v) is 2.61. The number of hydrogen-bond acceptors (Lipinski definition) is 1. The summed E-state index contributed by atoms with van der Waals surface area (Å²) < 4.78 is 0. The lowest BCUT2D eigenvalue weighted by molar-refractivity contribution is 0.676. The van der Waals surface area contributed by atoms with Crippen LogP contribution in [0.25, 0.3) is 11.1 Å². The van der Waals surface area contributed by atoms with E-state index < -0.39 is 0 Å². The molecule has 0 heterocycles. The molecule has 0 atom stereocenters. The van der Waals surface area contributed by atoms with E-state index in [0.29, 0.717) is 0 Å². The molecular weight excluding hydrogens is 242 g/mol. The van der Waals surface area contributed by atoms with E-state index in [4.69, 9.17) is 0 Å². The van der Waals surface area contributed by atoms with Crippen LogP contribution in [0.15, 0.2) is 36.4 Å². The van der Waals surface area contributed by atoms with Gasteiger partial charge < -0.3 is 5.32 Å². The maximum absolute atomic E-state index is 3.51. The fourth-order valence-electron chi connectivity index (χ4n) is 2.61. The second-order valence-electron chi connectivity index (χ2n) is 5.66. The van der Waals surface area contributed by atoms with Crippen molar-refractivity contribution in [2.24, 2.45) is 0 Å². The highest BCUT2D eigenvalue weighted by Crippen LogP contribution is 2.28. The maximum Gasteiger partial charge on any atom is 0.0211 e. The first-order chi connectivity index (χ1) is 9.61. The molecule has 0 spiro atoms. The molecule has 0 fully saturated rings.